The third-order valence-corrected chi connectivity index (χ3v) is 14.0. The lowest BCUT2D eigenvalue weighted by atomic mass is 9.65. The Morgan fingerprint density at radius 2 is 1.32 bits per heavy atom. The summed E-state index contributed by atoms with van der Waals surface area (Å²) in [6.45, 7) is 9.63. The van der Waals surface area contributed by atoms with Crippen LogP contribution in [0.5, 0.6) is 0 Å². The molecule has 7 aromatic carbocycles. The van der Waals surface area contributed by atoms with Gasteiger partial charge >= 0.3 is 0 Å². The molecule has 0 N–H and O–H groups in total. The lowest BCUT2D eigenvalue weighted by molar-refractivity contribution is 0.636. The molecule has 3 aliphatic heterocycles. The van der Waals surface area contributed by atoms with Gasteiger partial charge in [0.05, 0.1) is 28.5 Å². The van der Waals surface area contributed by atoms with Gasteiger partial charge in [0.15, 0.2) is 17.2 Å². The van der Waals surface area contributed by atoms with Crippen LogP contribution in [0.1, 0.15) is 67.6 Å². The molecule has 5 heteroatoms. The highest BCUT2D eigenvalue weighted by molar-refractivity contribution is 6.18. The Kier molecular flexibility index (Phi) is 6.54. The molecule has 0 saturated heterocycles. The molecule has 2 aliphatic carbocycles. The summed E-state index contributed by atoms with van der Waals surface area (Å²) in [5, 5.41) is 7.43. The van der Waals surface area contributed by atoms with Crippen LogP contribution in [0.4, 0.5) is 17.1 Å². The molecule has 2 aromatic heterocycles. The number of para-hydroxylation sites is 3. The molecule has 5 heterocycles. The van der Waals surface area contributed by atoms with Crippen molar-refractivity contribution in [2.24, 2.45) is 5.92 Å². The second kappa shape index (κ2) is 11.6. The van der Waals surface area contributed by atoms with E-state index >= 15 is 0 Å². The fourth-order valence-corrected chi connectivity index (χ4v) is 11.6. The lowest BCUT2D eigenvalue weighted by Gasteiger charge is -2.43. The first-order chi connectivity index (χ1) is 28.9. The maximum Gasteiger partial charge on any atom is 0.167 e. The topological polar surface area (TPSA) is 55.1 Å². The molecule has 14 rings (SSSR count). The Balaban J connectivity index is 1.24. The molecular formula is C54H40N4O. The minimum absolute atomic E-state index is 0.115. The lowest BCUT2D eigenvalue weighted by Crippen LogP contribution is -2.31. The summed E-state index contributed by atoms with van der Waals surface area (Å²) in [6.07, 6.45) is 5.57. The average Bonchev–Trinajstić information content (AvgIpc) is 3.66. The van der Waals surface area contributed by atoms with Crippen molar-refractivity contribution in [2.75, 3.05) is 4.90 Å². The summed E-state index contributed by atoms with van der Waals surface area (Å²) < 4.78 is 7.21. The van der Waals surface area contributed by atoms with E-state index in [0.717, 1.165) is 51.0 Å². The van der Waals surface area contributed by atoms with Gasteiger partial charge in [0.1, 0.15) is 11.4 Å². The zero-order valence-electron chi connectivity index (χ0n) is 33.4. The van der Waals surface area contributed by atoms with Gasteiger partial charge in [-0.2, -0.15) is 0 Å². The Morgan fingerprint density at radius 1 is 0.610 bits per heavy atom. The second-order valence-electron chi connectivity index (χ2n) is 17.5. The number of fused-ring (bicyclic) bond motifs is 5. The summed E-state index contributed by atoms with van der Waals surface area (Å²) in [6, 6.07) is 46.2. The van der Waals surface area contributed by atoms with Crippen molar-refractivity contribution in [3.05, 3.63) is 179 Å². The number of anilines is 3. The fourth-order valence-electron chi connectivity index (χ4n) is 11.6. The van der Waals surface area contributed by atoms with E-state index in [1.165, 1.54) is 66.3 Å². The van der Waals surface area contributed by atoms with Gasteiger partial charge in [-0.05, 0) is 80.4 Å². The minimum Gasteiger partial charge on any atom is -0.453 e. The molecule has 0 radical (unpaired) electrons. The summed E-state index contributed by atoms with van der Waals surface area (Å²) in [5.74, 6) is 2.43. The van der Waals surface area contributed by atoms with Gasteiger partial charge in [-0.25, -0.2) is 15.0 Å². The Labute approximate surface area is 342 Å². The maximum atomic E-state index is 7.21. The summed E-state index contributed by atoms with van der Waals surface area (Å²) >= 11 is 0. The van der Waals surface area contributed by atoms with Crippen molar-refractivity contribution in [1.82, 2.24) is 15.0 Å². The van der Waals surface area contributed by atoms with Gasteiger partial charge in [-0.3, -0.25) is 0 Å². The van der Waals surface area contributed by atoms with E-state index in [0.29, 0.717) is 11.6 Å². The summed E-state index contributed by atoms with van der Waals surface area (Å²) in [7, 11) is 0. The highest BCUT2D eigenvalue weighted by Crippen LogP contribution is 2.59. The van der Waals surface area contributed by atoms with Gasteiger partial charge in [-0.1, -0.05) is 154 Å². The average molecular weight is 761 g/mol. The van der Waals surface area contributed by atoms with E-state index in [4.69, 9.17) is 19.4 Å². The molecule has 5 nitrogen and oxygen atoms in total. The number of allylic oxidation sites excluding steroid dienone is 4. The van der Waals surface area contributed by atoms with E-state index in [1.54, 1.807) is 0 Å². The number of aromatic nitrogens is 3. The quantitative estimate of drug-likeness (QED) is 0.123. The van der Waals surface area contributed by atoms with Crippen molar-refractivity contribution in [3.8, 4) is 22.8 Å². The zero-order valence-corrected chi connectivity index (χ0v) is 33.4. The van der Waals surface area contributed by atoms with Gasteiger partial charge in [-0.15, -0.1) is 0 Å². The molecule has 0 spiro atoms. The van der Waals surface area contributed by atoms with Crippen molar-refractivity contribution in [2.45, 2.75) is 51.4 Å². The van der Waals surface area contributed by atoms with E-state index < -0.39 is 0 Å². The Hall–Kier alpha value is -6.85. The minimum atomic E-state index is -0.307. The van der Waals surface area contributed by atoms with Crippen LogP contribution in [0, 0.1) is 5.92 Å². The van der Waals surface area contributed by atoms with Crippen LogP contribution >= 0.6 is 0 Å². The van der Waals surface area contributed by atoms with E-state index in [2.05, 4.69) is 166 Å². The highest BCUT2D eigenvalue weighted by atomic mass is 16.3. The molecule has 11 bridgehead atoms. The number of benzene rings is 7. The van der Waals surface area contributed by atoms with Crippen molar-refractivity contribution >= 4 is 60.5 Å². The van der Waals surface area contributed by atoms with Crippen molar-refractivity contribution in [1.29, 1.82) is 0 Å². The Bertz CT molecular complexity index is 3390. The van der Waals surface area contributed by atoms with Crippen molar-refractivity contribution < 1.29 is 4.42 Å². The largest absolute Gasteiger partial charge is 0.453 e. The summed E-state index contributed by atoms with van der Waals surface area (Å²) in [4.78, 5) is 18.5. The maximum absolute atomic E-state index is 7.21. The smallest absolute Gasteiger partial charge is 0.167 e. The zero-order chi connectivity index (χ0) is 39.3. The third kappa shape index (κ3) is 4.32. The number of hydrogen-bond donors (Lipinski definition) is 0. The van der Waals surface area contributed by atoms with E-state index in [1.807, 2.05) is 6.07 Å². The third-order valence-electron chi connectivity index (χ3n) is 14.0. The fraction of sp³-hybridized carbons (Fsp3) is 0.167. The molecule has 282 valence electrons. The van der Waals surface area contributed by atoms with Crippen LogP contribution in [-0.2, 0) is 11.8 Å². The SMILES string of the molecule is CC1C=CC2C3=C1C(C)c1c(c4ccc5c(c4c4ccccc14)C(C)(C)c1ccccc1N5c1cccc4c1oc1c(cccc14)-c1nc(-c4ccccc4)nc2n1)C3. The molecule has 9 aromatic rings. The molecule has 0 amide bonds. The number of rotatable bonds is 1. The molecule has 5 aliphatic rings. The van der Waals surface area contributed by atoms with Crippen LogP contribution in [0.15, 0.2) is 155 Å². The van der Waals surface area contributed by atoms with E-state index in [-0.39, 0.29) is 23.2 Å². The number of nitrogens with zero attached hydrogens (tertiary/aromatic N) is 4. The van der Waals surface area contributed by atoms with E-state index in [9.17, 15) is 0 Å². The first-order valence-electron chi connectivity index (χ1n) is 20.9. The number of hydrogen-bond acceptors (Lipinski definition) is 5. The van der Waals surface area contributed by atoms with Crippen LogP contribution in [0.25, 0.3) is 66.3 Å². The first kappa shape index (κ1) is 33.2. The predicted octanol–water partition coefficient (Wildman–Crippen LogP) is 13.8. The van der Waals surface area contributed by atoms with Gasteiger partial charge in [0, 0.05) is 27.7 Å². The normalized spacial score (nSPS) is 19.6. The van der Waals surface area contributed by atoms with Crippen LogP contribution < -0.4 is 4.90 Å². The molecule has 59 heavy (non-hydrogen) atoms. The molecule has 0 saturated carbocycles. The Morgan fingerprint density at radius 3 is 2.19 bits per heavy atom. The predicted molar refractivity (Wildman–Crippen MR) is 240 cm³/mol. The molecule has 0 fully saturated rings. The standard InChI is InChI=1S/C54H40N4O/c1-29-24-25-37-40-28-39-34-26-27-43-48(47(34)33-17-9-8-16-32(33)46(39)30(2)45(29)40)54(3,4)41-21-10-11-22-42(41)58(43)44-23-13-19-36-35-18-12-20-38(49(35)59-50(36)44)53-56-51(55-52(37)57-53)31-14-6-5-7-15-31/h5-27,29-30,37H,28H2,1-4H3. The van der Waals surface area contributed by atoms with Gasteiger partial charge in [0.25, 0.3) is 0 Å². The molecular weight excluding hydrogens is 721 g/mol. The second-order valence-corrected chi connectivity index (χ2v) is 17.5. The van der Waals surface area contributed by atoms with Crippen LogP contribution in [0.3, 0.4) is 0 Å². The van der Waals surface area contributed by atoms with Crippen molar-refractivity contribution in [3.63, 3.8) is 0 Å². The van der Waals surface area contributed by atoms with Gasteiger partial charge in [0.2, 0.25) is 0 Å². The van der Waals surface area contributed by atoms with Crippen LogP contribution in [-0.4, -0.2) is 15.0 Å². The molecule has 3 atom stereocenters. The first-order valence-corrected chi connectivity index (χ1v) is 20.9. The van der Waals surface area contributed by atoms with Crippen LogP contribution in [0.2, 0.25) is 0 Å². The highest BCUT2D eigenvalue weighted by Gasteiger charge is 2.42. The molecule has 3 unspecified atom stereocenters. The monoisotopic (exact) mass is 760 g/mol. The summed E-state index contributed by atoms with van der Waals surface area (Å²) in [5.41, 5.74) is 14.9. The number of furan rings is 1. The van der Waals surface area contributed by atoms with Gasteiger partial charge < -0.3 is 9.32 Å².